The van der Waals surface area contributed by atoms with E-state index in [0.29, 0.717) is 26.1 Å². The topological polar surface area (TPSA) is 34.2 Å². The van der Waals surface area contributed by atoms with E-state index in [1.165, 1.54) is 12.1 Å². The summed E-state index contributed by atoms with van der Waals surface area (Å²) in [6.45, 7) is 0.810. The third kappa shape index (κ3) is 3.44. The summed E-state index contributed by atoms with van der Waals surface area (Å²) >= 11 is 0. The molecule has 134 valence electrons. The molecule has 0 saturated carbocycles. The van der Waals surface area contributed by atoms with Gasteiger partial charge >= 0.3 is 0 Å². The molecule has 1 saturated heterocycles. The van der Waals surface area contributed by atoms with E-state index in [1.54, 1.807) is 12.1 Å². The maximum atomic E-state index is 13.8. The van der Waals surface area contributed by atoms with Gasteiger partial charge in [-0.15, -0.1) is 0 Å². The van der Waals surface area contributed by atoms with Crippen molar-refractivity contribution >= 4 is 5.69 Å². The van der Waals surface area contributed by atoms with Crippen molar-refractivity contribution in [2.45, 2.75) is 18.3 Å². The molecular formula is C17H15F5N2O. The van der Waals surface area contributed by atoms with Crippen LogP contribution in [0.25, 0.3) is 0 Å². The molecule has 3 nitrogen and oxygen atoms in total. The monoisotopic (exact) mass is 358 g/mol. The molecule has 8 heteroatoms. The lowest BCUT2D eigenvalue weighted by molar-refractivity contribution is 0.0543. The number of halogens is 5. The second-order valence-corrected chi connectivity index (χ2v) is 5.95. The second kappa shape index (κ2) is 6.95. The SMILES string of the molecule is Fc1ccc(C2(CNc3c(F)c(F)nc(F)c3F)CCOCC2)cc1. The van der Waals surface area contributed by atoms with Gasteiger partial charge in [0.1, 0.15) is 11.5 Å². The van der Waals surface area contributed by atoms with Crippen LogP contribution in [0.15, 0.2) is 24.3 Å². The molecule has 1 fully saturated rings. The Morgan fingerprint density at radius 1 is 0.920 bits per heavy atom. The van der Waals surface area contributed by atoms with Crippen molar-refractivity contribution in [3.8, 4) is 0 Å². The molecule has 1 N–H and O–H groups in total. The maximum Gasteiger partial charge on any atom is 0.253 e. The van der Waals surface area contributed by atoms with Crippen LogP contribution < -0.4 is 5.32 Å². The molecule has 0 radical (unpaired) electrons. The number of anilines is 1. The minimum absolute atomic E-state index is 0.00126. The Balaban J connectivity index is 1.91. The second-order valence-electron chi connectivity index (χ2n) is 5.95. The molecular weight excluding hydrogens is 343 g/mol. The Morgan fingerprint density at radius 3 is 2.04 bits per heavy atom. The van der Waals surface area contributed by atoms with Crippen LogP contribution in [0.1, 0.15) is 18.4 Å². The first-order valence-electron chi connectivity index (χ1n) is 7.71. The van der Waals surface area contributed by atoms with E-state index in [1.807, 2.05) is 0 Å². The van der Waals surface area contributed by atoms with E-state index in [4.69, 9.17) is 4.74 Å². The average molecular weight is 358 g/mol. The fourth-order valence-corrected chi connectivity index (χ4v) is 3.03. The van der Waals surface area contributed by atoms with E-state index in [9.17, 15) is 22.0 Å². The fraction of sp³-hybridized carbons (Fsp3) is 0.353. The van der Waals surface area contributed by atoms with Crippen LogP contribution >= 0.6 is 0 Å². The Morgan fingerprint density at radius 2 is 1.48 bits per heavy atom. The van der Waals surface area contributed by atoms with Gasteiger partial charge in [0.25, 0.3) is 11.9 Å². The van der Waals surface area contributed by atoms with Gasteiger partial charge in [-0.2, -0.15) is 22.5 Å². The first kappa shape index (κ1) is 17.6. The minimum Gasteiger partial charge on any atom is -0.381 e. The quantitative estimate of drug-likeness (QED) is 0.664. The minimum atomic E-state index is -1.72. The van der Waals surface area contributed by atoms with E-state index in [2.05, 4.69) is 10.3 Å². The summed E-state index contributed by atoms with van der Waals surface area (Å²) in [6.07, 6.45) is 1.01. The molecule has 0 aliphatic carbocycles. The van der Waals surface area contributed by atoms with Crippen molar-refractivity contribution in [1.82, 2.24) is 4.98 Å². The summed E-state index contributed by atoms with van der Waals surface area (Å²) in [6, 6.07) is 5.75. The number of ether oxygens (including phenoxy) is 1. The molecule has 3 rings (SSSR count). The van der Waals surface area contributed by atoms with Crippen LogP contribution in [0.4, 0.5) is 27.6 Å². The first-order valence-corrected chi connectivity index (χ1v) is 7.71. The number of pyridine rings is 1. The Bertz CT molecular complexity index is 734. The Labute approximate surface area is 140 Å². The van der Waals surface area contributed by atoms with E-state index in [0.717, 1.165) is 5.56 Å². The average Bonchev–Trinajstić information content (AvgIpc) is 2.61. The number of benzene rings is 1. The molecule has 0 spiro atoms. The van der Waals surface area contributed by atoms with Crippen LogP contribution in [-0.4, -0.2) is 24.7 Å². The number of nitrogens with one attached hydrogen (secondary N) is 1. The molecule has 1 aromatic heterocycles. The normalized spacial score (nSPS) is 16.7. The van der Waals surface area contributed by atoms with Gasteiger partial charge < -0.3 is 10.1 Å². The first-order chi connectivity index (χ1) is 11.9. The number of aromatic nitrogens is 1. The van der Waals surface area contributed by atoms with Gasteiger partial charge in [0.05, 0.1) is 0 Å². The summed E-state index contributed by atoms with van der Waals surface area (Å²) in [5.41, 5.74) is -0.764. The Hall–Kier alpha value is -2.22. The highest BCUT2D eigenvalue weighted by molar-refractivity contribution is 5.46. The van der Waals surface area contributed by atoms with E-state index < -0.39 is 40.4 Å². The number of hydrogen-bond donors (Lipinski definition) is 1. The van der Waals surface area contributed by atoms with Crippen molar-refractivity contribution < 1.29 is 26.7 Å². The number of hydrogen-bond acceptors (Lipinski definition) is 3. The predicted molar refractivity (Wildman–Crippen MR) is 80.7 cm³/mol. The van der Waals surface area contributed by atoms with E-state index in [-0.39, 0.29) is 6.54 Å². The van der Waals surface area contributed by atoms with Crippen LogP contribution in [0.3, 0.4) is 0 Å². The lowest BCUT2D eigenvalue weighted by Gasteiger charge is -2.38. The standard InChI is InChI=1S/C17H15F5N2O/c18-11-3-1-10(2-4-11)17(5-7-25-8-6-17)9-23-14-12(19)15(21)24-16(22)13(14)20/h1-4H,5-9H2,(H,23,24). The predicted octanol–water partition coefficient (Wildman–Crippen LogP) is 3.94. The Kier molecular flexibility index (Phi) is 4.89. The molecule has 1 aliphatic rings. The molecule has 1 aromatic carbocycles. The van der Waals surface area contributed by atoms with Gasteiger partial charge in [0.15, 0.2) is 0 Å². The largest absolute Gasteiger partial charge is 0.381 e. The smallest absolute Gasteiger partial charge is 0.253 e. The summed E-state index contributed by atoms with van der Waals surface area (Å²) in [5.74, 6) is -7.01. The molecule has 0 atom stereocenters. The molecule has 2 heterocycles. The fourth-order valence-electron chi connectivity index (χ4n) is 3.03. The van der Waals surface area contributed by atoms with E-state index >= 15 is 0 Å². The maximum absolute atomic E-state index is 13.8. The van der Waals surface area contributed by atoms with Crippen LogP contribution in [0.5, 0.6) is 0 Å². The van der Waals surface area contributed by atoms with Gasteiger partial charge in [-0.05, 0) is 30.5 Å². The third-order valence-electron chi connectivity index (χ3n) is 4.51. The van der Waals surface area contributed by atoms with Gasteiger partial charge in [0.2, 0.25) is 11.6 Å². The zero-order chi connectivity index (χ0) is 18.0. The summed E-state index contributed by atoms with van der Waals surface area (Å²) in [4.78, 5) is 2.53. The molecule has 25 heavy (non-hydrogen) atoms. The van der Waals surface area contributed by atoms with Crippen molar-refractivity contribution in [2.75, 3.05) is 25.1 Å². The van der Waals surface area contributed by atoms with Crippen molar-refractivity contribution in [1.29, 1.82) is 0 Å². The highest BCUT2D eigenvalue weighted by Gasteiger charge is 2.35. The van der Waals surface area contributed by atoms with Gasteiger partial charge in [-0.3, -0.25) is 0 Å². The highest BCUT2D eigenvalue weighted by atomic mass is 19.2. The lowest BCUT2D eigenvalue weighted by atomic mass is 9.74. The molecule has 1 aliphatic heterocycles. The summed E-state index contributed by atoms with van der Waals surface area (Å²) < 4.78 is 72.6. The third-order valence-corrected chi connectivity index (χ3v) is 4.51. The van der Waals surface area contributed by atoms with Crippen molar-refractivity contribution in [2.24, 2.45) is 0 Å². The number of nitrogens with zero attached hydrogens (tertiary/aromatic N) is 1. The van der Waals surface area contributed by atoms with Crippen molar-refractivity contribution in [3.05, 3.63) is 59.2 Å². The zero-order valence-corrected chi connectivity index (χ0v) is 13.1. The molecule has 2 aromatic rings. The highest BCUT2D eigenvalue weighted by Crippen LogP contribution is 2.36. The molecule has 0 unspecified atom stereocenters. The van der Waals surface area contributed by atoms with Crippen molar-refractivity contribution in [3.63, 3.8) is 0 Å². The lowest BCUT2D eigenvalue weighted by Crippen LogP contribution is -2.40. The van der Waals surface area contributed by atoms with Gasteiger partial charge in [0, 0.05) is 25.2 Å². The van der Waals surface area contributed by atoms with Crippen LogP contribution in [0, 0.1) is 29.3 Å². The molecule has 0 bridgehead atoms. The zero-order valence-electron chi connectivity index (χ0n) is 13.1. The van der Waals surface area contributed by atoms with Gasteiger partial charge in [-0.25, -0.2) is 4.39 Å². The summed E-state index contributed by atoms with van der Waals surface area (Å²) in [5, 5.41) is 2.47. The van der Waals surface area contributed by atoms with Crippen LogP contribution in [-0.2, 0) is 10.2 Å². The van der Waals surface area contributed by atoms with Crippen LogP contribution in [0.2, 0.25) is 0 Å². The summed E-state index contributed by atoms with van der Waals surface area (Å²) in [7, 11) is 0. The van der Waals surface area contributed by atoms with Gasteiger partial charge in [-0.1, -0.05) is 12.1 Å². The molecule has 0 amide bonds. The number of rotatable bonds is 4.